The molecule has 1 aliphatic rings. The Morgan fingerprint density at radius 2 is 1.96 bits per heavy atom. The molecule has 0 aliphatic carbocycles. The minimum Gasteiger partial charge on any atom is -0.419 e. The summed E-state index contributed by atoms with van der Waals surface area (Å²) in [5.74, 6) is 1.09. The average molecular weight is 362 g/mol. The third kappa shape index (κ3) is 3.28. The van der Waals surface area contributed by atoms with Crippen LogP contribution < -0.4 is 4.90 Å². The lowest BCUT2D eigenvalue weighted by Gasteiger charge is -2.33. The normalized spacial score (nSPS) is 15.8. The van der Waals surface area contributed by atoms with Gasteiger partial charge in [-0.2, -0.15) is 0 Å². The van der Waals surface area contributed by atoms with Gasteiger partial charge < -0.3 is 9.32 Å². The molecule has 6 nitrogen and oxygen atoms in total. The summed E-state index contributed by atoms with van der Waals surface area (Å²) in [6, 6.07) is 7.49. The molecule has 3 heterocycles. The van der Waals surface area contributed by atoms with Crippen LogP contribution in [0.2, 0.25) is 5.02 Å². The highest BCUT2D eigenvalue weighted by molar-refractivity contribution is 7.13. The third-order valence-corrected chi connectivity index (χ3v) is 5.15. The Kier molecular flexibility index (Phi) is 4.46. The molecular formula is C16H16ClN5OS. The van der Waals surface area contributed by atoms with Crippen molar-refractivity contribution in [2.24, 2.45) is 0 Å². The van der Waals surface area contributed by atoms with Gasteiger partial charge in [0.05, 0.1) is 17.1 Å². The van der Waals surface area contributed by atoms with Gasteiger partial charge in [0.1, 0.15) is 0 Å². The maximum atomic E-state index is 6.18. The quantitative estimate of drug-likeness (QED) is 0.711. The number of nitrogens with zero attached hydrogens (tertiary/aromatic N) is 5. The maximum Gasteiger partial charge on any atom is 0.249 e. The van der Waals surface area contributed by atoms with E-state index in [-0.39, 0.29) is 0 Å². The molecule has 3 aromatic rings. The van der Waals surface area contributed by atoms with Gasteiger partial charge in [-0.3, -0.25) is 4.90 Å². The Hall–Kier alpha value is -1.96. The van der Waals surface area contributed by atoms with E-state index in [1.807, 2.05) is 35.8 Å². The summed E-state index contributed by atoms with van der Waals surface area (Å²) in [6.45, 7) is 4.47. The first kappa shape index (κ1) is 15.6. The average Bonchev–Trinajstić information content (AvgIpc) is 3.28. The lowest BCUT2D eigenvalue weighted by molar-refractivity contribution is 0.227. The van der Waals surface area contributed by atoms with Gasteiger partial charge in [-0.1, -0.05) is 23.7 Å². The van der Waals surface area contributed by atoms with E-state index in [4.69, 9.17) is 16.0 Å². The number of halogens is 1. The smallest absolute Gasteiger partial charge is 0.249 e. The van der Waals surface area contributed by atoms with Crippen molar-refractivity contribution in [1.29, 1.82) is 0 Å². The molecule has 8 heteroatoms. The fourth-order valence-corrected chi connectivity index (χ4v) is 3.64. The van der Waals surface area contributed by atoms with Crippen LogP contribution >= 0.6 is 22.9 Å². The zero-order valence-corrected chi connectivity index (χ0v) is 14.5. The lowest BCUT2D eigenvalue weighted by Crippen LogP contribution is -2.46. The van der Waals surface area contributed by atoms with E-state index in [0.29, 0.717) is 23.3 Å². The third-order valence-electron chi connectivity index (χ3n) is 3.99. The molecule has 4 rings (SSSR count). The fourth-order valence-electron chi connectivity index (χ4n) is 2.72. The molecule has 0 unspecified atom stereocenters. The van der Waals surface area contributed by atoms with Crippen molar-refractivity contribution in [3.05, 3.63) is 46.8 Å². The van der Waals surface area contributed by atoms with Crippen LogP contribution in [0.4, 0.5) is 5.13 Å². The van der Waals surface area contributed by atoms with Gasteiger partial charge in [0.25, 0.3) is 0 Å². The second-order valence-corrected chi connectivity index (χ2v) is 6.84. The molecule has 1 saturated heterocycles. The van der Waals surface area contributed by atoms with Crippen LogP contribution in [0.5, 0.6) is 0 Å². The van der Waals surface area contributed by atoms with E-state index < -0.39 is 0 Å². The van der Waals surface area contributed by atoms with E-state index >= 15 is 0 Å². The SMILES string of the molecule is Clc1ccccc1-c1nnc(CN2CCN(c3nccs3)CC2)o1. The van der Waals surface area contributed by atoms with Crippen molar-refractivity contribution in [3.63, 3.8) is 0 Å². The van der Waals surface area contributed by atoms with Gasteiger partial charge >= 0.3 is 0 Å². The van der Waals surface area contributed by atoms with Gasteiger partial charge in [-0.25, -0.2) is 4.98 Å². The van der Waals surface area contributed by atoms with Gasteiger partial charge in [0.2, 0.25) is 11.8 Å². The highest BCUT2D eigenvalue weighted by Crippen LogP contribution is 2.26. The first-order valence-corrected chi connectivity index (χ1v) is 8.99. The summed E-state index contributed by atoms with van der Waals surface area (Å²) < 4.78 is 5.78. The van der Waals surface area contributed by atoms with Crippen LogP contribution in [0, 0.1) is 0 Å². The van der Waals surface area contributed by atoms with E-state index in [2.05, 4.69) is 25.0 Å². The van der Waals surface area contributed by atoms with Crippen molar-refractivity contribution >= 4 is 28.1 Å². The number of hydrogen-bond donors (Lipinski definition) is 0. The molecule has 1 aliphatic heterocycles. The highest BCUT2D eigenvalue weighted by atomic mass is 35.5. The zero-order valence-electron chi connectivity index (χ0n) is 12.9. The number of aromatic nitrogens is 3. The van der Waals surface area contributed by atoms with E-state index in [9.17, 15) is 0 Å². The highest BCUT2D eigenvalue weighted by Gasteiger charge is 2.21. The summed E-state index contributed by atoms with van der Waals surface area (Å²) in [6.07, 6.45) is 1.85. The van der Waals surface area contributed by atoms with Gasteiger partial charge in [-0.15, -0.1) is 21.5 Å². The van der Waals surface area contributed by atoms with E-state index in [1.54, 1.807) is 11.3 Å². The summed E-state index contributed by atoms with van der Waals surface area (Å²) in [5, 5.41) is 12.0. The van der Waals surface area contributed by atoms with Crippen molar-refractivity contribution < 1.29 is 4.42 Å². The summed E-state index contributed by atoms with van der Waals surface area (Å²) in [5.41, 5.74) is 0.770. The standard InChI is InChI=1S/C16H16ClN5OS/c17-13-4-2-1-3-12(13)15-20-19-14(23-15)11-21-6-8-22(9-7-21)16-18-5-10-24-16/h1-5,10H,6-9,11H2. The second kappa shape index (κ2) is 6.88. The molecule has 0 atom stereocenters. The Bertz CT molecular complexity index is 798. The Labute approximate surface area is 148 Å². The second-order valence-electron chi connectivity index (χ2n) is 5.56. The van der Waals surface area contributed by atoms with Gasteiger partial charge in [-0.05, 0) is 12.1 Å². The molecule has 1 fully saturated rings. The summed E-state index contributed by atoms with van der Waals surface area (Å²) >= 11 is 7.86. The Morgan fingerprint density at radius 1 is 1.12 bits per heavy atom. The number of rotatable bonds is 4. The molecule has 0 bridgehead atoms. The molecule has 0 spiro atoms. The number of benzene rings is 1. The molecule has 0 radical (unpaired) electrons. The van der Waals surface area contributed by atoms with Crippen LogP contribution in [0.3, 0.4) is 0 Å². The van der Waals surface area contributed by atoms with Crippen LogP contribution in [-0.4, -0.2) is 46.3 Å². The molecule has 1 aromatic carbocycles. The molecule has 124 valence electrons. The minimum absolute atomic E-state index is 0.469. The molecule has 0 saturated carbocycles. The van der Waals surface area contributed by atoms with Crippen LogP contribution in [-0.2, 0) is 6.54 Å². The summed E-state index contributed by atoms with van der Waals surface area (Å²) in [7, 11) is 0. The lowest BCUT2D eigenvalue weighted by atomic mass is 10.2. The topological polar surface area (TPSA) is 58.3 Å². The van der Waals surface area contributed by atoms with Gasteiger partial charge in [0.15, 0.2) is 5.13 Å². The number of piperazine rings is 1. The molecule has 2 aromatic heterocycles. The van der Waals surface area contributed by atoms with Crippen molar-refractivity contribution in [3.8, 4) is 11.5 Å². The molecule has 24 heavy (non-hydrogen) atoms. The predicted molar refractivity (Wildman–Crippen MR) is 94.3 cm³/mol. The molecule has 0 N–H and O–H groups in total. The first-order chi connectivity index (χ1) is 11.8. The largest absolute Gasteiger partial charge is 0.419 e. The summed E-state index contributed by atoms with van der Waals surface area (Å²) in [4.78, 5) is 8.99. The van der Waals surface area contributed by atoms with Crippen molar-refractivity contribution in [2.45, 2.75) is 6.54 Å². The fraction of sp³-hybridized carbons (Fsp3) is 0.312. The Balaban J connectivity index is 1.38. The zero-order chi connectivity index (χ0) is 16.4. The Morgan fingerprint density at radius 3 is 2.71 bits per heavy atom. The van der Waals surface area contributed by atoms with Crippen LogP contribution in [0.15, 0.2) is 40.3 Å². The first-order valence-electron chi connectivity index (χ1n) is 7.74. The van der Waals surface area contributed by atoms with Crippen molar-refractivity contribution in [2.75, 3.05) is 31.1 Å². The van der Waals surface area contributed by atoms with Crippen LogP contribution in [0.1, 0.15) is 5.89 Å². The van der Waals surface area contributed by atoms with Gasteiger partial charge in [0, 0.05) is 37.8 Å². The molecule has 0 amide bonds. The molecular weight excluding hydrogens is 346 g/mol. The number of hydrogen-bond acceptors (Lipinski definition) is 7. The van der Waals surface area contributed by atoms with Crippen molar-refractivity contribution in [1.82, 2.24) is 20.1 Å². The predicted octanol–water partition coefficient (Wildman–Crippen LogP) is 3.17. The number of anilines is 1. The minimum atomic E-state index is 0.469. The van der Waals surface area contributed by atoms with Crippen LogP contribution in [0.25, 0.3) is 11.5 Å². The van der Waals surface area contributed by atoms with E-state index in [0.717, 1.165) is 36.9 Å². The number of thiazole rings is 1. The van der Waals surface area contributed by atoms with E-state index in [1.165, 1.54) is 0 Å². The monoisotopic (exact) mass is 361 g/mol. The maximum absolute atomic E-state index is 6.18.